The van der Waals surface area contributed by atoms with Crippen molar-refractivity contribution in [1.82, 2.24) is 0 Å². The monoisotopic (exact) mass is 449 g/mol. The van der Waals surface area contributed by atoms with Crippen molar-refractivity contribution in [2.45, 2.75) is 115 Å². The molecule has 1 heterocycles. The summed E-state index contributed by atoms with van der Waals surface area (Å²) < 4.78 is 13.2. The summed E-state index contributed by atoms with van der Waals surface area (Å²) in [5.41, 5.74) is 1.93. The average Bonchev–Trinajstić information content (AvgIpc) is 2.78. The molecule has 0 unspecified atom stereocenters. The van der Waals surface area contributed by atoms with Gasteiger partial charge in [0.15, 0.2) is 0 Å². The molecule has 0 bridgehead atoms. The van der Waals surface area contributed by atoms with E-state index in [1.807, 2.05) is 12.1 Å². The van der Waals surface area contributed by atoms with Gasteiger partial charge in [-0.25, -0.2) is 4.39 Å². The van der Waals surface area contributed by atoms with Gasteiger partial charge >= 0.3 is 0 Å². The molecule has 1 saturated heterocycles. The van der Waals surface area contributed by atoms with Crippen molar-refractivity contribution in [2.24, 2.45) is 17.8 Å². The van der Waals surface area contributed by atoms with E-state index in [0.29, 0.717) is 5.02 Å². The van der Waals surface area contributed by atoms with Gasteiger partial charge in [-0.2, -0.15) is 0 Å². The molecule has 3 heteroatoms. The fourth-order valence-electron chi connectivity index (χ4n) is 6.05. The molecule has 0 atom stereocenters. The van der Waals surface area contributed by atoms with Crippen LogP contribution in [-0.4, -0.2) is 8.80 Å². The molecule has 2 aliphatic rings. The van der Waals surface area contributed by atoms with E-state index in [2.05, 4.69) is 6.92 Å². The lowest BCUT2D eigenvalue weighted by Gasteiger charge is -2.37. The van der Waals surface area contributed by atoms with E-state index < -0.39 is 6.67 Å². The van der Waals surface area contributed by atoms with Crippen molar-refractivity contribution < 1.29 is 4.39 Å². The van der Waals surface area contributed by atoms with E-state index in [-0.39, 0.29) is 8.80 Å². The van der Waals surface area contributed by atoms with Gasteiger partial charge in [-0.3, -0.25) is 0 Å². The zero-order chi connectivity index (χ0) is 21.2. The molecule has 1 aromatic rings. The van der Waals surface area contributed by atoms with Gasteiger partial charge in [0, 0.05) is 13.8 Å². The van der Waals surface area contributed by atoms with Crippen LogP contribution in [-0.2, 0) is 13.1 Å². The van der Waals surface area contributed by atoms with Gasteiger partial charge in [0.05, 0.1) is 0 Å². The van der Waals surface area contributed by atoms with Gasteiger partial charge in [0.25, 0.3) is 0 Å². The molecule has 30 heavy (non-hydrogen) atoms. The van der Waals surface area contributed by atoms with Gasteiger partial charge in [0.1, 0.15) is 6.67 Å². The molecule has 3 rings (SSSR count). The second kappa shape index (κ2) is 13.3. The molecule has 1 aliphatic carbocycles. The molecule has 1 aliphatic heterocycles. The second-order valence-electron chi connectivity index (χ2n) is 10.1. The van der Waals surface area contributed by atoms with Crippen LogP contribution in [0.3, 0.4) is 0 Å². The molecular weight excluding hydrogens is 407 g/mol. The van der Waals surface area contributed by atoms with Gasteiger partial charge in [-0.1, -0.05) is 101 Å². The topological polar surface area (TPSA) is 0 Å². The van der Waals surface area contributed by atoms with Gasteiger partial charge in [-0.05, 0) is 66.7 Å². The maximum absolute atomic E-state index is 13.2. The number of rotatable bonds is 11. The maximum Gasteiger partial charge on any atom is 0.115 e. The summed E-state index contributed by atoms with van der Waals surface area (Å²) in [6.45, 7) is 1.93. The van der Waals surface area contributed by atoms with Crippen molar-refractivity contribution in [3.63, 3.8) is 0 Å². The van der Waals surface area contributed by atoms with E-state index in [0.717, 1.165) is 35.3 Å². The van der Waals surface area contributed by atoms with Crippen molar-refractivity contribution in [1.29, 1.82) is 0 Å². The summed E-state index contributed by atoms with van der Waals surface area (Å²) in [6, 6.07) is 10.5. The SMILES string of the molecule is CCCCC[Si]1CCC(C2CCC(CCCCc3ccc(Cl)cc3CF)CC2)CC1. The number of benzene rings is 1. The number of alkyl halides is 1. The largest absolute Gasteiger partial charge is 0.246 e. The van der Waals surface area contributed by atoms with Gasteiger partial charge in [0.2, 0.25) is 0 Å². The van der Waals surface area contributed by atoms with E-state index >= 15 is 0 Å². The molecule has 1 aromatic carbocycles. The highest BCUT2D eigenvalue weighted by molar-refractivity contribution is 6.58. The third-order valence-electron chi connectivity index (χ3n) is 8.05. The summed E-state index contributed by atoms with van der Waals surface area (Å²) in [5.74, 6) is 3.06. The van der Waals surface area contributed by atoms with Crippen LogP contribution < -0.4 is 0 Å². The molecule has 1 radical (unpaired) electrons. The Labute approximate surface area is 192 Å². The zero-order valence-corrected chi connectivity index (χ0v) is 21.0. The standard InChI is InChI=1S/C27H43ClFSi/c1-2-3-6-17-30-18-15-25(16-19-30)24-11-9-22(10-12-24)7-4-5-8-23-13-14-27(28)20-26(23)21-29/h13-14,20,22,24-25H,2-12,15-19,21H2,1H3. The smallest absolute Gasteiger partial charge is 0.115 e. The highest BCUT2D eigenvalue weighted by Crippen LogP contribution is 2.42. The van der Waals surface area contributed by atoms with Crippen LogP contribution in [0.4, 0.5) is 4.39 Å². The Balaban J connectivity index is 1.28. The summed E-state index contributed by atoms with van der Waals surface area (Å²) in [5, 5.41) is 0.648. The fourth-order valence-corrected chi connectivity index (χ4v) is 9.31. The van der Waals surface area contributed by atoms with Crippen LogP contribution in [0.25, 0.3) is 0 Å². The number of hydrogen-bond donors (Lipinski definition) is 0. The van der Waals surface area contributed by atoms with Crippen molar-refractivity contribution in [2.75, 3.05) is 0 Å². The molecule has 0 amide bonds. The fraction of sp³-hybridized carbons (Fsp3) is 0.778. The van der Waals surface area contributed by atoms with Crippen LogP contribution in [0.15, 0.2) is 18.2 Å². The molecule has 2 fully saturated rings. The van der Waals surface area contributed by atoms with E-state index in [1.165, 1.54) is 64.2 Å². The average molecular weight is 450 g/mol. The van der Waals surface area contributed by atoms with Crippen LogP contribution in [0.1, 0.15) is 95.1 Å². The molecule has 169 valence electrons. The lowest BCUT2D eigenvalue weighted by atomic mass is 9.73. The third-order valence-corrected chi connectivity index (χ3v) is 11.3. The van der Waals surface area contributed by atoms with Crippen molar-refractivity contribution in [3.8, 4) is 0 Å². The van der Waals surface area contributed by atoms with Gasteiger partial charge < -0.3 is 0 Å². The predicted molar refractivity (Wildman–Crippen MR) is 132 cm³/mol. The van der Waals surface area contributed by atoms with E-state index in [9.17, 15) is 4.39 Å². The minimum Gasteiger partial charge on any atom is -0.246 e. The number of halogens is 2. The summed E-state index contributed by atoms with van der Waals surface area (Å²) in [7, 11) is 0.0230. The van der Waals surface area contributed by atoms with E-state index in [4.69, 9.17) is 11.6 Å². The third kappa shape index (κ3) is 7.66. The Morgan fingerprint density at radius 2 is 1.63 bits per heavy atom. The Morgan fingerprint density at radius 1 is 0.900 bits per heavy atom. The molecule has 0 aromatic heterocycles. The van der Waals surface area contributed by atoms with Crippen LogP contribution in [0.5, 0.6) is 0 Å². The number of aryl methyl sites for hydroxylation is 1. The predicted octanol–water partition coefficient (Wildman–Crippen LogP) is 9.42. The Morgan fingerprint density at radius 3 is 2.33 bits per heavy atom. The highest BCUT2D eigenvalue weighted by atomic mass is 35.5. The summed E-state index contributed by atoms with van der Waals surface area (Å²) in [6.07, 6.45) is 18.2. The first-order valence-corrected chi connectivity index (χ1v) is 15.4. The molecule has 1 saturated carbocycles. The van der Waals surface area contributed by atoms with Crippen LogP contribution in [0, 0.1) is 17.8 Å². The van der Waals surface area contributed by atoms with Crippen LogP contribution in [0.2, 0.25) is 23.2 Å². The lowest BCUT2D eigenvalue weighted by Crippen LogP contribution is -2.28. The molecule has 0 nitrogen and oxygen atoms in total. The minimum atomic E-state index is -0.400. The van der Waals surface area contributed by atoms with Crippen molar-refractivity contribution >= 4 is 20.4 Å². The normalized spacial score (nSPS) is 23.7. The number of hydrogen-bond acceptors (Lipinski definition) is 0. The first kappa shape index (κ1) is 24.3. The quantitative estimate of drug-likeness (QED) is 0.233. The Bertz CT molecular complexity index is 603. The first-order chi connectivity index (χ1) is 14.7. The highest BCUT2D eigenvalue weighted by Gasteiger charge is 2.31. The number of unbranched alkanes of at least 4 members (excludes halogenated alkanes) is 3. The van der Waals surface area contributed by atoms with E-state index in [1.54, 1.807) is 37.0 Å². The van der Waals surface area contributed by atoms with Crippen LogP contribution >= 0.6 is 11.6 Å². The first-order valence-electron chi connectivity index (χ1n) is 12.9. The summed E-state index contributed by atoms with van der Waals surface area (Å²) >= 11 is 5.99. The maximum atomic E-state index is 13.2. The van der Waals surface area contributed by atoms with Crippen molar-refractivity contribution in [3.05, 3.63) is 34.3 Å². The Kier molecular flexibility index (Phi) is 10.7. The Hall–Kier alpha value is -0.343. The summed E-state index contributed by atoms with van der Waals surface area (Å²) in [4.78, 5) is 0. The molecule has 0 N–H and O–H groups in total. The molecule has 0 spiro atoms. The second-order valence-corrected chi connectivity index (χ2v) is 13.6. The lowest BCUT2D eigenvalue weighted by molar-refractivity contribution is 0.184. The van der Waals surface area contributed by atoms with Gasteiger partial charge in [-0.15, -0.1) is 0 Å². The minimum absolute atomic E-state index is 0.0230. The molecular formula is C27H43ClFSi. The zero-order valence-electron chi connectivity index (χ0n) is 19.2.